The molecule has 1 fully saturated rings. The number of pyridine rings is 1. The van der Waals surface area contributed by atoms with Gasteiger partial charge >= 0.3 is 6.03 Å². The van der Waals surface area contributed by atoms with Gasteiger partial charge in [-0.15, -0.1) is 0 Å². The van der Waals surface area contributed by atoms with Crippen LogP contribution in [0.3, 0.4) is 0 Å². The lowest BCUT2D eigenvalue weighted by atomic mass is 10.1. The lowest BCUT2D eigenvalue weighted by molar-refractivity contribution is 0.0903. The first-order valence-corrected chi connectivity index (χ1v) is 9.39. The molecule has 27 heavy (non-hydrogen) atoms. The van der Waals surface area contributed by atoms with Crippen molar-refractivity contribution in [3.8, 4) is 0 Å². The maximum atomic E-state index is 12.5. The summed E-state index contributed by atoms with van der Waals surface area (Å²) in [5, 5.41) is 6.35. The molecule has 0 aliphatic carbocycles. The Hall–Kier alpha value is -2.74. The topological polar surface area (TPSA) is 92.3 Å². The molecule has 0 spiro atoms. The zero-order valence-corrected chi connectivity index (χ0v) is 15.2. The second kappa shape index (κ2) is 8.30. The van der Waals surface area contributed by atoms with E-state index in [9.17, 15) is 4.79 Å². The summed E-state index contributed by atoms with van der Waals surface area (Å²) in [6.45, 7) is 3.18. The van der Waals surface area contributed by atoms with E-state index in [1.54, 1.807) is 17.3 Å². The van der Waals surface area contributed by atoms with E-state index in [0.29, 0.717) is 31.6 Å². The van der Waals surface area contributed by atoms with Gasteiger partial charge in [0.1, 0.15) is 0 Å². The van der Waals surface area contributed by atoms with Crippen LogP contribution in [0.25, 0.3) is 0 Å². The fourth-order valence-electron chi connectivity index (χ4n) is 3.36. The molecule has 0 saturated carbocycles. The average molecular weight is 368 g/mol. The van der Waals surface area contributed by atoms with Crippen LogP contribution < -0.4 is 10.6 Å². The predicted octanol–water partition coefficient (Wildman–Crippen LogP) is 1.73. The van der Waals surface area contributed by atoms with E-state index in [4.69, 9.17) is 4.74 Å². The first-order valence-electron chi connectivity index (χ1n) is 9.39. The number of rotatable bonds is 4. The molecule has 2 N–H and O–H groups in total. The molecule has 4 rings (SSSR count). The number of nitrogens with one attached hydrogen (secondary N) is 2. The molecule has 0 atom stereocenters. The fraction of sp³-hybridized carbons (Fsp3) is 0.474. The van der Waals surface area contributed by atoms with Crippen LogP contribution in [0.1, 0.15) is 29.7 Å². The standard InChI is InChI=1S/C19H24N6O2/c26-19(22-11-14-2-1-6-20-10-14)25-7-3-15-12-21-18(24-17(15)13-25)23-16-4-8-27-9-5-16/h1-2,6,10,12,16H,3-5,7-9,11,13H2,(H,22,26)(H,21,23,24). The van der Waals surface area contributed by atoms with Gasteiger partial charge in [-0.05, 0) is 36.5 Å². The summed E-state index contributed by atoms with van der Waals surface area (Å²) in [6.07, 6.45) is 8.06. The second-order valence-corrected chi connectivity index (χ2v) is 6.89. The van der Waals surface area contributed by atoms with Gasteiger partial charge in [0.25, 0.3) is 0 Å². The normalized spacial score (nSPS) is 17.3. The van der Waals surface area contributed by atoms with E-state index in [0.717, 1.165) is 49.3 Å². The van der Waals surface area contributed by atoms with Crippen molar-refractivity contribution < 1.29 is 9.53 Å². The molecule has 0 radical (unpaired) electrons. The van der Waals surface area contributed by atoms with Crippen molar-refractivity contribution in [2.75, 3.05) is 25.1 Å². The van der Waals surface area contributed by atoms with Crippen molar-refractivity contribution in [1.82, 2.24) is 25.2 Å². The molecular formula is C19H24N6O2. The number of urea groups is 1. The summed E-state index contributed by atoms with van der Waals surface area (Å²) in [5.41, 5.74) is 3.01. The van der Waals surface area contributed by atoms with Gasteiger partial charge < -0.3 is 20.3 Å². The number of carbonyl (C=O) groups is 1. The molecule has 0 unspecified atom stereocenters. The quantitative estimate of drug-likeness (QED) is 0.854. The number of nitrogens with zero attached hydrogens (tertiary/aromatic N) is 4. The number of amides is 2. The van der Waals surface area contributed by atoms with Crippen molar-refractivity contribution in [1.29, 1.82) is 0 Å². The van der Waals surface area contributed by atoms with Gasteiger partial charge in [0.2, 0.25) is 5.95 Å². The Bertz CT molecular complexity index is 779. The van der Waals surface area contributed by atoms with E-state index in [1.807, 2.05) is 18.3 Å². The molecule has 4 heterocycles. The summed E-state index contributed by atoms with van der Waals surface area (Å²) in [6, 6.07) is 4.07. The average Bonchev–Trinajstić information content (AvgIpc) is 2.73. The Morgan fingerprint density at radius 3 is 3.00 bits per heavy atom. The number of hydrogen-bond acceptors (Lipinski definition) is 6. The van der Waals surface area contributed by atoms with E-state index in [1.165, 1.54) is 0 Å². The van der Waals surface area contributed by atoms with Crippen molar-refractivity contribution in [3.05, 3.63) is 47.5 Å². The van der Waals surface area contributed by atoms with Gasteiger partial charge in [0.05, 0.1) is 12.2 Å². The van der Waals surface area contributed by atoms with Crippen molar-refractivity contribution in [2.24, 2.45) is 0 Å². The molecule has 1 saturated heterocycles. The third-order valence-electron chi connectivity index (χ3n) is 4.95. The van der Waals surface area contributed by atoms with Gasteiger partial charge in [-0.3, -0.25) is 4.98 Å². The summed E-state index contributed by atoms with van der Waals surface area (Å²) < 4.78 is 5.39. The molecule has 0 aromatic carbocycles. The predicted molar refractivity (Wildman–Crippen MR) is 100 cm³/mol. The van der Waals surface area contributed by atoms with Gasteiger partial charge in [0.15, 0.2) is 0 Å². The molecule has 2 amide bonds. The monoisotopic (exact) mass is 368 g/mol. The first-order chi connectivity index (χ1) is 13.3. The molecule has 2 aliphatic rings. The van der Waals surface area contributed by atoms with Gasteiger partial charge in [0, 0.05) is 50.9 Å². The molecule has 2 aromatic heterocycles. The van der Waals surface area contributed by atoms with Crippen LogP contribution in [-0.4, -0.2) is 51.7 Å². The minimum absolute atomic E-state index is 0.0814. The van der Waals surface area contributed by atoms with Crippen LogP contribution >= 0.6 is 0 Å². The zero-order chi connectivity index (χ0) is 18.5. The van der Waals surface area contributed by atoms with Crippen molar-refractivity contribution in [2.45, 2.75) is 38.4 Å². The number of anilines is 1. The fourth-order valence-corrected chi connectivity index (χ4v) is 3.36. The molecule has 2 aliphatic heterocycles. The minimum Gasteiger partial charge on any atom is -0.381 e. The van der Waals surface area contributed by atoms with E-state index in [-0.39, 0.29) is 6.03 Å². The molecule has 142 valence electrons. The van der Waals surface area contributed by atoms with Crippen LogP contribution in [0.5, 0.6) is 0 Å². The maximum absolute atomic E-state index is 12.5. The van der Waals surface area contributed by atoms with Crippen LogP contribution in [0.15, 0.2) is 30.7 Å². The number of fused-ring (bicyclic) bond motifs is 1. The second-order valence-electron chi connectivity index (χ2n) is 6.89. The number of aromatic nitrogens is 3. The number of carbonyl (C=O) groups excluding carboxylic acids is 1. The smallest absolute Gasteiger partial charge is 0.318 e. The molecule has 8 nitrogen and oxygen atoms in total. The highest BCUT2D eigenvalue weighted by atomic mass is 16.5. The van der Waals surface area contributed by atoms with Crippen LogP contribution in [0, 0.1) is 0 Å². The Morgan fingerprint density at radius 2 is 2.19 bits per heavy atom. The van der Waals surface area contributed by atoms with Gasteiger partial charge in [-0.2, -0.15) is 0 Å². The van der Waals surface area contributed by atoms with Crippen LogP contribution in [0.2, 0.25) is 0 Å². The lowest BCUT2D eigenvalue weighted by Gasteiger charge is -2.29. The van der Waals surface area contributed by atoms with E-state index in [2.05, 4.69) is 25.6 Å². The third-order valence-corrected chi connectivity index (χ3v) is 4.95. The molecular weight excluding hydrogens is 344 g/mol. The summed E-state index contributed by atoms with van der Waals surface area (Å²) in [4.78, 5) is 27.5. The largest absolute Gasteiger partial charge is 0.381 e. The minimum atomic E-state index is -0.0814. The molecule has 2 aromatic rings. The zero-order valence-electron chi connectivity index (χ0n) is 15.2. The Balaban J connectivity index is 1.36. The van der Waals surface area contributed by atoms with Crippen molar-refractivity contribution >= 4 is 12.0 Å². The van der Waals surface area contributed by atoms with E-state index >= 15 is 0 Å². The Labute approximate surface area is 158 Å². The van der Waals surface area contributed by atoms with Crippen LogP contribution in [0.4, 0.5) is 10.7 Å². The Kier molecular flexibility index (Phi) is 5.43. The third kappa shape index (κ3) is 4.51. The van der Waals surface area contributed by atoms with Crippen molar-refractivity contribution in [3.63, 3.8) is 0 Å². The summed E-state index contributed by atoms with van der Waals surface area (Å²) in [5.74, 6) is 0.637. The summed E-state index contributed by atoms with van der Waals surface area (Å²) >= 11 is 0. The van der Waals surface area contributed by atoms with Gasteiger partial charge in [-0.25, -0.2) is 14.8 Å². The SMILES string of the molecule is O=C(NCc1cccnc1)N1CCc2cnc(NC3CCOCC3)nc2C1. The molecule has 0 bridgehead atoms. The summed E-state index contributed by atoms with van der Waals surface area (Å²) in [7, 11) is 0. The highest BCUT2D eigenvalue weighted by Crippen LogP contribution is 2.19. The highest BCUT2D eigenvalue weighted by Gasteiger charge is 2.23. The van der Waals surface area contributed by atoms with E-state index < -0.39 is 0 Å². The van der Waals surface area contributed by atoms with Crippen LogP contribution in [-0.2, 0) is 24.2 Å². The number of ether oxygens (including phenoxy) is 1. The highest BCUT2D eigenvalue weighted by molar-refractivity contribution is 5.74. The maximum Gasteiger partial charge on any atom is 0.318 e. The van der Waals surface area contributed by atoms with Gasteiger partial charge in [-0.1, -0.05) is 6.07 Å². The lowest BCUT2D eigenvalue weighted by Crippen LogP contribution is -2.43. The Morgan fingerprint density at radius 1 is 1.30 bits per heavy atom. The molecule has 8 heteroatoms. The first kappa shape index (κ1) is 17.7. The number of hydrogen-bond donors (Lipinski definition) is 2.